The fourth-order valence-corrected chi connectivity index (χ4v) is 0.967. The summed E-state index contributed by atoms with van der Waals surface area (Å²) in [6.07, 6.45) is 0. The van der Waals surface area contributed by atoms with Crippen molar-refractivity contribution in [2.75, 3.05) is 6.61 Å². The molecule has 1 aromatic carbocycles. The van der Waals surface area contributed by atoms with E-state index in [1.54, 1.807) is 18.2 Å². The maximum Gasteiger partial charge on any atom is 1.00 e. The molecule has 0 aromatic heterocycles. The van der Waals surface area contributed by atoms with Crippen molar-refractivity contribution >= 4 is 17.6 Å². The monoisotopic (exact) mass is 222 g/mol. The van der Waals surface area contributed by atoms with E-state index in [1.165, 1.54) is 0 Å². The van der Waals surface area contributed by atoms with E-state index < -0.39 is 12.6 Å². The van der Waals surface area contributed by atoms with Gasteiger partial charge in [-0.2, -0.15) is 0 Å². The number of ether oxygens (including phenoxy) is 1. The third-order valence-corrected chi connectivity index (χ3v) is 1.91. The molecule has 1 aromatic rings. The summed E-state index contributed by atoms with van der Waals surface area (Å²) >= 11 is 5.76. The van der Waals surface area contributed by atoms with Crippen LogP contribution in [0.1, 0.15) is 5.56 Å². The third-order valence-electron chi connectivity index (χ3n) is 1.49. The SMILES string of the molecule is Cc1cc(OCC(=O)[O-])ccc1Cl.[Na+]. The smallest absolute Gasteiger partial charge is 0.546 e. The van der Waals surface area contributed by atoms with Crippen molar-refractivity contribution in [3.05, 3.63) is 28.8 Å². The van der Waals surface area contributed by atoms with Crippen LogP contribution in [-0.2, 0) is 4.79 Å². The van der Waals surface area contributed by atoms with Crippen molar-refractivity contribution in [3.63, 3.8) is 0 Å². The maximum atomic E-state index is 10.1. The van der Waals surface area contributed by atoms with E-state index >= 15 is 0 Å². The van der Waals surface area contributed by atoms with E-state index in [2.05, 4.69) is 0 Å². The summed E-state index contributed by atoms with van der Waals surface area (Å²) in [6, 6.07) is 4.94. The van der Waals surface area contributed by atoms with Gasteiger partial charge in [0.15, 0.2) is 0 Å². The molecule has 5 heteroatoms. The van der Waals surface area contributed by atoms with Gasteiger partial charge in [0.05, 0.1) is 5.97 Å². The minimum atomic E-state index is -1.24. The first-order valence-corrected chi connectivity index (χ1v) is 4.06. The van der Waals surface area contributed by atoms with Gasteiger partial charge in [-0.05, 0) is 30.7 Å². The van der Waals surface area contributed by atoms with Crippen LogP contribution in [0, 0.1) is 6.92 Å². The van der Waals surface area contributed by atoms with Gasteiger partial charge < -0.3 is 14.6 Å². The number of halogens is 1. The first-order chi connectivity index (χ1) is 6.09. The summed E-state index contributed by atoms with van der Waals surface area (Å²) in [5, 5.41) is 10.7. The minimum Gasteiger partial charge on any atom is -0.546 e. The van der Waals surface area contributed by atoms with Crippen molar-refractivity contribution in [2.24, 2.45) is 0 Å². The first-order valence-electron chi connectivity index (χ1n) is 3.68. The molecule has 0 aliphatic rings. The molecule has 0 aliphatic heterocycles. The quantitative estimate of drug-likeness (QED) is 0.545. The summed E-state index contributed by atoms with van der Waals surface area (Å²) < 4.78 is 4.88. The van der Waals surface area contributed by atoms with Gasteiger partial charge in [0, 0.05) is 5.02 Å². The third kappa shape index (κ3) is 4.33. The fraction of sp³-hybridized carbons (Fsp3) is 0.222. The molecular formula is C9H8ClNaO3. The van der Waals surface area contributed by atoms with Crippen molar-refractivity contribution in [3.8, 4) is 5.75 Å². The van der Waals surface area contributed by atoms with Crippen LogP contribution in [0.5, 0.6) is 5.75 Å². The normalized spacial score (nSPS) is 9.00. The van der Waals surface area contributed by atoms with Crippen LogP contribution in [0.15, 0.2) is 18.2 Å². The largest absolute Gasteiger partial charge is 1.00 e. The predicted octanol–water partition coefficient (Wildman–Crippen LogP) is -2.22. The van der Waals surface area contributed by atoms with Crippen LogP contribution in [-0.4, -0.2) is 12.6 Å². The van der Waals surface area contributed by atoms with E-state index in [4.69, 9.17) is 16.3 Å². The molecule has 0 saturated carbocycles. The van der Waals surface area contributed by atoms with E-state index in [-0.39, 0.29) is 29.6 Å². The molecule has 0 amide bonds. The molecule has 70 valence electrons. The van der Waals surface area contributed by atoms with E-state index in [9.17, 15) is 9.90 Å². The van der Waals surface area contributed by atoms with Crippen LogP contribution in [0.4, 0.5) is 0 Å². The van der Waals surface area contributed by atoms with Gasteiger partial charge in [-0.3, -0.25) is 0 Å². The van der Waals surface area contributed by atoms with Crippen molar-refractivity contribution in [1.29, 1.82) is 0 Å². The van der Waals surface area contributed by atoms with Gasteiger partial charge in [0.1, 0.15) is 12.4 Å². The molecule has 0 radical (unpaired) electrons. The average Bonchev–Trinajstić information content (AvgIpc) is 2.07. The first kappa shape index (κ1) is 13.8. The standard InChI is InChI=1S/C9H9ClO3.Na/c1-6-4-7(2-3-8(6)10)13-5-9(11)12;/h2-4H,5H2,1H3,(H,11,12);/q;+1/p-1. The molecule has 0 spiro atoms. The molecular weight excluding hydrogens is 215 g/mol. The second-order valence-electron chi connectivity index (χ2n) is 2.57. The molecule has 0 N–H and O–H groups in total. The number of benzene rings is 1. The molecule has 1 rings (SSSR count). The van der Waals surface area contributed by atoms with E-state index in [1.807, 2.05) is 6.92 Å². The Kier molecular flexibility index (Phi) is 6.20. The number of carbonyl (C=O) groups is 1. The Bertz CT molecular complexity index is 328. The number of carbonyl (C=O) groups excluding carboxylic acids is 1. The molecule has 0 bridgehead atoms. The number of carboxylic acids is 1. The number of carboxylic acid groups (broad SMARTS) is 1. The minimum absolute atomic E-state index is 0. The van der Waals surface area contributed by atoms with Crippen LogP contribution in [0.3, 0.4) is 0 Å². The van der Waals surface area contributed by atoms with Gasteiger partial charge in [-0.15, -0.1) is 0 Å². The summed E-state index contributed by atoms with van der Waals surface area (Å²) in [6.45, 7) is 1.37. The Morgan fingerprint density at radius 1 is 1.57 bits per heavy atom. The molecule has 0 fully saturated rings. The second kappa shape index (κ2) is 6.30. The van der Waals surface area contributed by atoms with Crippen LogP contribution in [0.25, 0.3) is 0 Å². The topological polar surface area (TPSA) is 49.4 Å². The maximum absolute atomic E-state index is 10.1. The molecule has 0 heterocycles. The number of hydrogen-bond acceptors (Lipinski definition) is 3. The van der Waals surface area contributed by atoms with Crippen LogP contribution < -0.4 is 39.4 Å². The fourth-order valence-electron chi connectivity index (χ4n) is 0.849. The average molecular weight is 223 g/mol. The van der Waals surface area contributed by atoms with Crippen LogP contribution >= 0.6 is 11.6 Å². The van der Waals surface area contributed by atoms with Crippen molar-refractivity contribution in [1.82, 2.24) is 0 Å². The van der Waals surface area contributed by atoms with Gasteiger partial charge in [0.25, 0.3) is 0 Å². The van der Waals surface area contributed by atoms with Gasteiger partial charge in [-0.1, -0.05) is 11.6 Å². The summed E-state index contributed by atoms with van der Waals surface area (Å²) in [5.74, 6) is -0.765. The molecule has 0 saturated heterocycles. The van der Waals surface area contributed by atoms with Crippen LogP contribution in [0.2, 0.25) is 5.02 Å². The Balaban J connectivity index is 0.00000169. The Labute approximate surface area is 109 Å². The number of aryl methyl sites for hydroxylation is 1. The summed E-state index contributed by atoms with van der Waals surface area (Å²) in [7, 11) is 0. The molecule has 0 atom stereocenters. The zero-order valence-corrected chi connectivity index (χ0v) is 10.8. The number of rotatable bonds is 3. The number of hydrogen-bond donors (Lipinski definition) is 0. The second-order valence-corrected chi connectivity index (χ2v) is 2.98. The van der Waals surface area contributed by atoms with Gasteiger partial charge in [-0.25, -0.2) is 0 Å². The molecule has 14 heavy (non-hydrogen) atoms. The Hall–Kier alpha value is -0.220. The number of aliphatic carboxylic acids is 1. The van der Waals surface area contributed by atoms with Gasteiger partial charge >= 0.3 is 29.6 Å². The molecule has 0 aliphatic carbocycles. The summed E-state index contributed by atoms with van der Waals surface area (Å²) in [5.41, 5.74) is 0.845. The Morgan fingerprint density at radius 2 is 2.21 bits per heavy atom. The van der Waals surface area contributed by atoms with Gasteiger partial charge in [0.2, 0.25) is 0 Å². The zero-order chi connectivity index (χ0) is 9.84. The van der Waals surface area contributed by atoms with E-state index in [0.29, 0.717) is 10.8 Å². The molecule has 3 nitrogen and oxygen atoms in total. The Morgan fingerprint density at radius 3 is 2.71 bits per heavy atom. The van der Waals surface area contributed by atoms with E-state index in [0.717, 1.165) is 5.56 Å². The zero-order valence-electron chi connectivity index (χ0n) is 8.04. The predicted molar refractivity (Wildman–Crippen MR) is 46.7 cm³/mol. The molecule has 0 unspecified atom stereocenters. The van der Waals surface area contributed by atoms with Crippen molar-refractivity contribution < 1.29 is 44.2 Å². The van der Waals surface area contributed by atoms with Crippen molar-refractivity contribution in [2.45, 2.75) is 6.92 Å². The summed E-state index contributed by atoms with van der Waals surface area (Å²) in [4.78, 5) is 10.1.